The summed E-state index contributed by atoms with van der Waals surface area (Å²) in [6.07, 6.45) is 6.08. The Balaban J connectivity index is 1.86. The molecule has 0 aliphatic heterocycles. The van der Waals surface area contributed by atoms with Gasteiger partial charge >= 0.3 is 0 Å². The van der Waals surface area contributed by atoms with Gasteiger partial charge in [0.15, 0.2) is 5.65 Å². The molecule has 6 nitrogen and oxygen atoms in total. The van der Waals surface area contributed by atoms with Crippen molar-refractivity contribution in [1.29, 1.82) is 0 Å². The summed E-state index contributed by atoms with van der Waals surface area (Å²) in [5.74, 6) is 0. The molecule has 0 saturated carbocycles. The van der Waals surface area contributed by atoms with Crippen LogP contribution >= 0.6 is 11.8 Å². The smallest absolute Gasteiger partial charge is 0.181 e. The van der Waals surface area contributed by atoms with Gasteiger partial charge in [-0.3, -0.25) is 0 Å². The van der Waals surface area contributed by atoms with Crippen molar-refractivity contribution >= 4 is 22.9 Å². The SMILES string of the molecule is CCCNCc1cccnc1Sc1ncnc2nc[nH]c12. The highest BCUT2D eigenvalue weighted by atomic mass is 32.2. The van der Waals surface area contributed by atoms with Crippen LogP contribution in [-0.2, 0) is 6.54 Å². The van der Waals surface area contributed by atoms with Gasteiger partial charge in [-0.1, -0.05) is 13.0 Å². The fraction of sp³-hybridized carbons (Fsp3) is 0.286. The Kier molecular flexibility index (Phi) is 4.42. The Hall–Kier alpha value is -1.99. The third kappa shape index (κ3) is 3.20. The van der Waals surface area contributed by atoms with E-state index in [0.717, 1.165) is 35.1 Å². The molecule has 0 fully saturated rings. The molecular weight excluding hydrogens is 284 g/mol. The highest BCUT2D eigenvalue weighted by molar-refractivity contribution is 7.99. The standard InChI is InChI=1S/C14H16N6S/c1-2-5-15-7-10-4-3-6-16-13(10)21-14-11-12(18-8-17-11)19-9-20-14/h3-4,6,8-9,15H,2,5,7H2,1H3,(H,17,18,19,20). The normalized spacial score (nSPS) is 11.1. The number of rotatable bonds is 6. The second-order valence-corrected chi connectivity index (χ2v) is 5.50. The summed E-state index contributed by atoms with van der Waals surface area (Å²) < 4.78 is 0. The molecule has 0 unspecified atom stereocenters. The molecule has 3 aromatic heterocycles. The zero-order chi connectivity index (χ0) is 14.5. The van der Waals surface area contributed by atoms with Crippen LogP contribution in [0.3, 0.4) is 0 Å². The topological polar surface area (TPSA) is 79.4 Å². The zero-order valence-corrected chi connectivity index (χ0v) is 12.5. The van der Waals surface area contributed by atoms with Crippen LogP contribution in [0.1, 0.15) is 18.9 Å². The van der Waals surface area contributed by atoms with Crippen LogP contribution in [0.2, 0.25) is 0 Å². The van der Waals surface area contributed by atoms with Crippen LogP contribution in [0.15, 0.2) is 41.0 Å². The summed E-state index contributed by atoms with van der Waals surface area (Å²) in [5.41, 5.74) is 2.69. The van der Waals surface area contributed by atoms with Gasteiger partial charge in [0.05, 0.1) is 6.33 Å². The molecule has 0 amide bonds. The number of imidazole rings is 1. The lowest BCUT2D eigenvalue weighted by Gasteiger charge is -2.08. The first-order valence-corrected chi connectivity index (χ1v) is 7.66. The van der Waals surface area contributed by atoms with Gasteiger partial charge in [-0.05, 0) is 36.4 Å². The number of aromatic nitrogens is 5. The number of nitrogens with one attached hydrogen (secondary N) is 2. The first-order chi connectivity index (χ1) is 10.4. The molecule has 0 spiro atoms. The fourth-order valence-electron chi connectivity index (χ4n) is 1.96. The largest absolute Gasteiger partial charge is 0.341 e. The minimum absolute atomic E-state index is 0.675. The van der Waals surface area contributed by atoms with Crippen molar-refractivity contribution in [2.75, 3.05) is 6.54 Å². The zero-order valence-electron chi connectivity index (χ0n) is 11.7. The van der Waals surface area contributed by atoms with E-state index in [2.05, 4.69) is 43.2 Å². The monoisotopic (exact) mass is 300 g/mol. The second kappa shape index (κ2) is 6.64. The minimum Gasteiger partial charge on any atom is -0.341 e. The van der Waals surface area contributed by atoms with Crippen molar-refractivity contribution in [3.8, 4) is 0 Å². The lowest BCUT2D eigenvalue weighted by molar-refractivity contribution is 0.665. The molecule has 0 aliphatic rings. The molecule has 0 radical (unpaired) electrons. The highest BCUT2D eigenvalue weighted by Gasteiger charge is 2.11. The summed E-state index contributed by atoms with van der Waals surface area (Å²) in [7, 11) is 0. The maximum absolute atomic E-state index is 4.47. The van der Waals surface area contributed by atoms with E-state index in [1.165, 1.54) is 23.7 Å². The van der Waals surface area contributed by atoms with Crippen molar-refractivity contribution < 1.29 is 0 Å². The molecule has 0 atom stereocenters. The van der Waals surface area contributed by atoms with Crippen molar-refractivity contribution in [1.82, 2.24) is 30.2 Å². The van der Waals surface area contributed by atoms with Gasteiger partial charge in [0, 0.05) is 12.7 Å². The van der Waals surface area contributed by atoms with Gasteiger partial charge in [-0.25, -0.2) is 19.9 Å². The van der Waals surface area contributed by atoms with Gasteiger partial charge < -0.3 is 10.3 Å². The Morgan fingerprint density at radius 2 is 2.14 bits per heavy atom. The molecule has 3 aromatic rings. The van der Waals surface area contributed by atoms with Crippen LogP contribution in [0.4, 0.5) is 0 Å². The average Bonchev–Trinajstić information content (AvgIpc) is 2.99. The molecular formula is C14H16N6S. The van der Waals surface area contributed by atoms with E-state index in [9.17, 15) is 0 Å². The molecule has 21 heavy (non-hydrogen) atoms. The van der Waals surface area contributed by atoms with E-state index < -0.39 is 0 Å². The molecule has 7 heteroatoms. The minimum atomic E-state index is 0.675. The first kappa shape index (κ1) is 14.0. The first-order valence-electron chi connectivity index (χ1n) is 6.85. The average molecular weight is 300 g/mol. The third-order valence-electron chi connectivity index (χ3n) is 2.97. The lowest BCUT2D eigenvalue weighted by atomic mass is 10.3. The molecule has 108 valence electrons. The fourth-order valence-corrected chi connectivity index (χ4v) is 2.88. The highest BCUT2D eigenvalue weighted by Crippen LogP contribution is 2.30. The third-order valence-corrected chi connectivity index (χ3v) is 4.04. The van der Waals surface area contributed by atoms with E-state index >= 15 is 0 Å². The summed E-state index contributed by atoms with van der Waals surface area (Å²) in [5, 5.41) is 5.20. The summed E-state index contributed by atoms with van der Waals surface area (Å²) in [6, 6.07) is 4.04. The number of nitrogens with zero attached hydrogens (tertiary/aromatic N) is 4. The molecule has 0 aromatic carbocycles. The Morgan fingerprint density at radius 3 is 3.05 bits per heavy atom. The Bertz CT molecular complexity index is 726. The van der Waals surface area contributed by atoms with Crippen molar-refractivity contribution in [2.24, 2.45) is 0 Å². The predicted octanol–water partition coefficient (Wildman–Crippen LogP) is 2.40. The quantitative estimate of drug-likeness (QED) is 0.537. The van der Waals surface area contributed by atoms with Gasteiger partial charge in [-0.2, -0.15) is 0 Å². The Labute approximate surface area is 126 Å². The second-order valence-electron chi connectivity index (χ2n) is 4.53. The van der Waals surface area contributed by atoms with Crippen molar-refractivity contribution in [3.63, 3.8) is 0 Å². The van der Waals surface area contributed by atoms with E-state index in [1.54, 1.807) is 12.5 Å². The molecule has 3 rings (SSSR count). The molecule has 0 saturated heterocycles. The molecule has 2 N–H and O–H groups in total. The maximum atomic E-state index is 4.47. The van der Waals surface area contributed by atoms with Crippen molar-refractivity contribution in [2.45, 2.75) is 29.9 Å². The Morgan fingerprint density at radius 1 is 1.19 bits per heavy atom. The summed E-state index contributed by atoms with van der Waals surface area (Å²) in [6.45, 7) is 3.96. The van der Waals surface area contributed by atoms with Crippen LogP contribution in [-0.4, -0.2) is 31.5 Å². The van der Waals surface area contributed by atoms with E-state index in [0.29, 0.717) is 5.65 Å². The van der Waals surface area contributed by atoms with E-state index in [1.807, 2.05) is 6.07 Å². The van der Waals surface area contributed by atoms with Gasteiger partial charge in [0.2, 0.25) is 0 Å². The number of hydrogen-bond acceptors (Lipinski definition) is 6. The van der Waals surface area contributed by atoms with E-state index in [-0.39, 0.29) is 0 Å². The van der Waals surface area contributed by atoms with E-state index in [4.69, 9.17) is 0 Å². The number of aromatic amines is 1. The van der Waals surface area contributed by atoms with Crippen molar-refractivity contribution in [3.05, 3.63) is 36.5 Å². The van der Waals surface area contributed by atoms with Gasteiger partial charge in [-0.15, -0.1) is 0 Å². The lowest BCUT2D eigenvalue weighted by Crippen LogP contribution is -2.14. The molecule has 3 heterocycles. The molecule has 0 bridgehead atoms. The maximum Gasteiger partial charge on any atom is 0.181 e. The number of pyridine rings is 1. The predicted molar refractivity (Wildman–Crippen MR) is 82.0 cm³/mol. The van der Waals surface area contributed by atoms with Gasteiger partial charge in [0.25, 0.3) is 0 Å². The number of fused-ring (bicyclic) bond motifs is 1. The van der Waals surface area contributed by atoms with Crippen LogP contribution < -0.4 is 5.32 Å². The van der Waals surface area contributed by atoms with Gasteiger partial charge in [0.1, 0.15) is 21.9 Å². The summed E-state index contributed by atoms with van der Waals surface area (Å²) >= 11 is 1.53. The van der Waals surface area contributed by atoms with Crippen LogP contribution in [0, 0.1) is 0 Å². The van der Waals surface area contributed by atoms with Crippen LogP contribution in [0.5, 0.6) is 0 Å². The van der Waals surface area contributed by atoms with Crippen LogP contribution in [0.25, 0.3) is 11.2 Å². The number of hydrogen-bond donors (Lipinski definition) is 2. The summed E-state index contributed by atoms with van der Waals surface area (Å²) in [4.78, 5) is 20.2. The number of H-pyrrole nitrogens is 1. The molecule has 0 aliphatic carbocycles.